The van der Waals surface area contributed by atoms with Gasteiger partial charge in [-0.2, -0.15) is 28.0 Å². The molecule has 0 aliphatic rings. The van der Waals surface area contributed by atoms with Crippen molar-refractivity contribution < 1.29 is 57.8 Å². The van der Waals surface area contributed by atoms with E-state index in [0.717, 1.165) is 0 Å². The minimum Gasteiger partial charge on any atom is -0.397 e. The zero-order chi connectivity index (χ0) is 15.0. The Morgan fingerprint density at radius 3 is 1.00 bits per heavy atom. The average Bonchev–Trinajstić information content (AvgIpc) is 2.04. The summed E-state index contributed by atoms with van der Waals surface area (Å²) in [5.41, 5.74) is 12.1. The third kappa shape index (κ3) is 29.4. The normalized spacial score (nSPS) is 10.7. The molecule has 0 saturated carbocycles. The fraction of sp³-hybridized carbons (Fsp3) is 0. The van der Waals surface area contributed by atoms with Crippen molar-refractivity contribution in [1.82, 2.24) is 0 Å². The Balaban J connectivity index is 0. The molecule has 0 aliphatic heterocycles. The van der Waals surface area contributed by atoms with Crippen molar-refractivity contribution in [1.29, 1.82) is 0 Å². The standard InChI is InChI=1S/C6H8N2.2ClHO4/c7-5-3-1-2-4-6(5)8;2*2-1(3,4)5/h1-4H,7-8H2;2*(H,2,3,4,5). The van der Waals surface area contributed by atoms with Gasteiger partial charge in [-0.25, -0.2) is 0 Å². The quantitative estimate of drug-likeness (QED) is 0.330. The van der Waals surface area contributed by atoms with Crippen LogP contribution in [0.3, 0.4) is 0 Å². The number of hydrogen-bond donors (Lipinski definition) is 4. The topological polar surface area (TPSA) is 231 Å². The highest BCUT2D eigenvalue weighted by atomic mass is 35.7. The molecular formula is C6H10Cl2N2O8. The molecular weight excluding hydrogens is 299 g/mol. The monoisotopic (exact) mass is 308 g/mol. The van der Waals surface area contributed by atoms with Crippen LogP contribution in [-0.2, 0) is 0 Å². The number of para-hydroxylation sites is 2. The lowest BCUT2D eigenvalue weighted by atomic mass is 10.3. The van der Waals surface area contributed by atoms with Crippen LogP contribution < -0.4 is 39.4 Å². The summed E-state index contributed by atoms with van der Waals surface area (Å²) in [6.07, 6.45) is 0. The van der Waals surface area contributed by atoms with Crippen molar-refractivity contribution in [3.05, 3.63) is 24.3 Å². The van der Waals surface area contributed by atoms with Gasteiger partial charge in [0.25, 0.3) is 0 Å². The summed E-state index contributed by atoms with van der Waals surface area (Å²) in [5.74, 6) is 0. The number of halogens is 2. The van der Waals surface area contributed by atoms with Crippen LogP contribution in [0.25, 0.3) is 0 Å². The van der Waals surface area contributed by atoms with Gasteiger partial charge in [-0.3, -0.25) is 0 Å². The molecule has 0 heterocycles. The van der Waals surface area contributed by atoms with Crippen molar-refractivity contribution in [2.24, 2.45) is 0 Å². The lowest BCUT2D eigenvalue weighted by molar-refractivity contribution is -1.92. The maximum absolute atomic E-state index is 8.60. The summed E-state index contributed by atoms with van der Waals surface area (Å²) in [6, 6.07) is 7.25. The summed E-state index contributed by atoms with van der Waals surface area (Å²) < 4.78 is 65.4. The first-order valence-electron chi connectivity index (χ1n) is 3.67. The number of benzene rings is 1. The van der Waals surface area contributed by atoms with Crippen molar-refractivity contribution >= 4 is 11.4 Å². The zero-order valence-electron chi connectivity index (χ0n) is 8.56. The first kappa shape index (κ1) is 19.4. The molecule has 0 spiro atoms. The van der Waals surface area contributed by atoms with Gasteiger partial charge in [-0.1, -0.05) is 12.1 Å². The molecule has 1 rings (SSSR count). The molecule has 18 heavy (non-hydrogen) atoms. The number of anilines is 2. The van der Waals surface area contributed by atoms with E-state index >= 15 is 0 Å². The Morgan fingerprint density at radius 2 is 0.889 bits per heavy atom. The highest BCUT2D eigenvalue weighted by Gasteiger charge is 1.99. The lowest BCUT2D eigenvalue weighted by Crippen LogP contribution is -2.58. The second-order valence-corrected chi connectivity index (χ2v) is 4.00. The molecule has 0 amide bonds. The summed E-state index contributed by atoms with van der Waals surface area (Å²) in [4.78, 5) is 0. The molecule has 0 radical (unpaired) electrons. The molecule has 106 valence electrons. The highest BCUT2D eigenvalue weighted by molar-refractivity contribution is 5.62. The summed E-state index contributed by atoms with van der Waals surface area (Å²) in [6.45, 7) is 0. The molecule has 0 saturated heterocycles. The number of hydrogen-bond acceptors (Lipinski definition) is 10. The van der Waals surface area contributed by atoms with Crippen LogP contribution in [0.2, 0.25) is 0 Å². The third-order valence-electron chi connectivity index (χ3n) is 0.996. The molecule has 0 bridgehead atoms. The fourth-order valence-electron chi connectivity index (χ4n) is 0.511. The zero-order valence-corrected chi connectivity index (χ0v) is 10.1. The molecule has 0 aromatic heterocycles. The minimum absolute atomic E-state index is 0.646. The number of rotatable bonds is 0. The van der Waals surface area contributed by atoms with Gasteiger partial charge in [0.05, 0.1) is 41.2 Å². The van der Waals surface area contributed by atoms with E-state index in [-0.39, 0.29) is 0 Å². The molecule has 10 nitrogen and oxygen atoms in total. The van der Waals surface area contributed by atoms with Crippen LogP contribution in [0.15, 0.2) is 24.3 Å². The molecule has 1 aromatic carbocycles. The number of nitrogens with two attached hydrogens (primary N) is 2. The molecule has 0 unspecified atom stereocenters. The second-order valence-electron chi connectivity index (χ2n) is 2.42. The van der Waals surface area contributed by atoms with Crippen molar-refractivity contribution in [3.63, 3.8) is 0 Å². The summed E-state index contributed by atoms with van der Waals surface area (Å²) in [5, 5.41) is 0. The van der Waals surface area contributed by atoms with E-state index in [1.165, 1.54) is 0 Å². The molecule has 1 aromatic rings. The SMILES string of the molecule is Nc1ccccc1N.[O-][Cl+3]([O-])([O-])O.[O-][Cl+3]([O-])([O-])O. The molecule has 12 heteroatoms. The molecule has 0 fully saturated rings. The van der Waals surface area contributed by atoms with E-state index in [1.54, 1.807) is 12.1 Å². The fourth-order valence-corrected chi connectivity index (χ4v) is 0.511. The maximum atomic E-state index is 8.60. The van der Waals surface area contributed by atoms with Crippen molar-refractivity contribution in [2.75, 3.05) is 11.5 Å². The Morgan fingerprint density at radius 1 is 0.722 bits per heavy atom. The Bertz CT molecular complexity index is 294. The van der Waals surface area contributed by atoms with E-state index in [1.807, 2.05) is 12.1 Å². The average molecular weight is 309 g/mol. The van der Waals surface area contributed by atoms with Crippen LogP contribution >= 0.6 is 0 Å². The van der Waals surface area contributed by atoms with Crippen LogP contribution in [0.4, 0.5) is 11.4 Å². The molecule has 0 aliphatic carbocycles. The van der Waals surface area contributed by atoms with Crippen LogP contribution in [0.1, 0.15) is 0 Å². The Kier molecular flexibility index (Phi) is 8.88. The first-order valence-corrected chi connectivity index (χ1v) is 6.20. The van der Waals surface area contributed by atoms with E-state index in [4.69, 9.17) is 48.7 Å². The summed E-state index contributed by atoms with van der Waals surface area (Å²) in [7, 11) is -9.39. The van der Waals surface area contributed by atoms with Crippen molar-refractivity contribution in [3.8, 4) is 0 Å². The van der Waals surface area contributed by atoms with E-state index < -0.39 is 20.5 Å². The third-order valence-corrected chi connectivity index (χ3v) is 0.996. The van der Waals surface area contributed by atoms with Gasteiger partial charge in [0.1, 0.15) is 0 Å². The molecule has 0 atom stereocenters. The van der Waals surface area contributed by atoms with Gasteiger partial charge in [-0.15, -0.1) is 0 Å². The van der Waals surface area contributed by atoms with Crippen LogP contribution in [0, 0.1) is 20.5 Å². The smallest absolute Gasteiger partial charge is 0.0777 e. The van der Waals surface area contributed by atoms with E-state index in [0.29, 0.717) is 11.4 Å². The number of nitrogen functional groups attached to an aromatic ring is 2. The van der Waals surface area contributed by atoms with Crippen LogP contribution in [0.5, 0.6) is 0 Å². The predicted octanol–water partition coefficient (Wildman–Crippen LogP) is -7.40. The maximum Gasteiger partial charge on any atom is 0.0777 e. The minimum atomic E-state index is -4.69. The van der Waals surface area contributed by atoms with Crippen LogP contribution in [-0.4, -0.2) is 9.32 Å². The first-order chi connectivity index (χ1) is 7.80. The molecule has 6 N–H and O–H groups in total. The van der Waals surface area contributed by atoms with Gasteiger partial charge < -0.3 is 11.5 Å². The predicted molar refractivity (Wildman–Crippen MR) is 39.7 cm³/mol. The van der Waals surface area contributed by atoms with Gasteiger partial charge in [0, 0.05) is 0 Å². The lowest BCUT2D eigenvalue weighted by Gasteiger charge is -2.03. The Hall–Kier alpha value is -0.920. The van der Waals surface area contributed by atoms with Gasteiger partial charge in [-0.05, 0) is 12.1 Å². The van der Waals surface area contributed by atoms with Gasteiger partial charge in [0.2, 0.25) is 0 Å². The van der Waals surface area contributed by atoms with E-state index in [2.05, 4.69) is 0 Å². The highest BCUT2D eigenvalue weighted by Crippen LogP contribution is 2.10. The van der Waals surface area contributed by atoms with Gasteiger partial charge >= 0.3 is 0 Å². The summed E-state index contributed by atoms with van der Waals surface area (Å²) >= 11 is 0. The largest absolute Gasteiger partial charge is 0.397 e. The Labute approximate surface area is 105 Å². The van der Waals surface area contributed by atoms with Crippen molar-refractivity contribution in [2.45, 2.75) is 0 Å². The van der Waals surface area contributed by atoms with E-state index in [9.17, 15) is 0 Å². The second kappa shape index (κ2) is 8.23. The van der Waals surface area contributed by atoms with Gasteiger partial charge in [0.15, 0.2) is 0 Å².